The molecule has 5 nitrogen and oxygen atoms in total. The monoisotopic (exact) mass is 381 g/mol. The Hall–Kier alpha value is -2.66. The number of rotatable bonds is 8. The first kappa shape index (κ1) is 21.6. The summed E-state index contributed by atoms with van der Waals surface area (Å²) in [6, 6.07) is 13.5. The Kier molecular flexibility index (Phi) is 7.76. The minimum absolute atomic E-state index is 0.0252. The molecule has 150 valence electrons. The van der Waals surface area contributed by atoms with Crippen LogP contribution in [0.15, 0.2) is 42.5 Å². The Morgan fingerprint density at radius 3 is 2.43 bits per heavy atom. The van der Waals surface area contributed by atoms with Crippen LogP contribution in [0.3, 0.4) is 0 Å². The molecule has 0 radical (unpaired) electrons. The molecule has 0 aliphatic rings. The maximum Gasteiger partial charge on any atom is 0.253 e. The van der Waals surface area contributed by atoms with E-state index in [1.807, 2.05) is 13.8 Å². The van der Waals surface area contributed by atoms with E-state index < -0.39 is 0 Å². The number of anilines is 1. The Morgan fingerprint density at radius 1 is 1.04 bits per heavy atom. The number of aryl methyl sites for hydroxylation is 2. The predicted octanol–water partition coefficient (Wildman–Crippen LogP) is 4.07. The third kappa shape index (κ3) is 5.67. The van der Waals surface area contributed by atoms with E-state index >= 15 is 0 Å². The second-order valence-corrected chi connectivity index (χ2v) is 7.07. The SMILES string of the molecule is CCN(CC)C(=O)c1cccc(NC(=O)CNC(C)c2cc(C)ccc2C)c1. The van der Waals surface area contributed by atoms with Crippen molar-refractivity contribution in [2.24, 2.45) is 0 Å². The van der Waals surface area contributed by atoms with Crippen LogP contribution in [0.2, 0.25) is 0 Å². The van der Waals surface area contributed by atoms with Gasteiger partial charge in [-0.2, -0.15) is 0 Å². The summed E-state index contributed by atoms with van der Waals surface area (Å²) in [7, 11) is 0. The summed E-state index contributed by atoms with van der Waals surface area (Å²) < 4.78 is 0. The number of hydrogen-bond acceptors (Lipinski definition) is 3. The van der Waals surface area contributed by atoms with E-state index in [2.05, 4.69) is 49.6 Å². The summed E-state index contributed by atoms with van der Waals surface area (Å²) >= 11 is 0. The van der Waals surface area contributed by atoms with Crippen LogP contribution in [0, 0.1) is 13.8 Å². The van der Waals surface area contributed by atoms with Crippen molar-refractivity contribution < 1.29 is 9.59 Å². The van der Waals surface area contributed by atoms with Gasteiger partial charge in [-0.1, -0.05) is 29.8 Å². The average molecular weight is 382 g/mol. The summed E-state index contributed by atoms with van der Waals surface area (Å²) in [4.78, 5) is 26.6. The molecular formula is C23H31N3O2. The lowest BCUT2D eigenvalue weighted by atomic mass is 10.00. The number of hydrogen-bond donors (Lipinski definition) is 2. The van der Waals surface area contributed by atoms with E-state index in [4.69, 9.17) is 0 Å². The molecule has 0 heterocycles. The van der Waals surface area contributed by atoms with Gasteiger partial charge in [-0.3, -0.25) is 9.59 Å². The van der Waals surface area contributed by atoms with Crippen LogP contribution in [0.25, 0.3) is 0 Å². The van der Waals surface area contributed by atoms with Crippen LogP contribution in [0.5, 0.6) is 0 Å². The molecule has 0 fully saturated rings. The molecule has 0 aliphatic heterocycles. The molecule has 0 aliphatic carbocycles. The molecule has 2 N–H and O–H groups in total. The molecule has 0 saturated carbocycles. The second kappa shape index (κ2) is 10.0. The predicted molar refractivity (Wildman–Crippen MR) is 115 cm³/mol. The highest BCUT2D eigenvalue weighted by Gasteiger charge is 2.14. The number of amides is 2. The van der Waals surface area contributed by atoms with Gasteiger partial charge in [0.05, 0.1) is 6.54 Å². The fraction of sp³-hybridized carbons (Fsp3) is 0.391. The zero-order valence-electron chi connectivity index (χ0n) is 17.5. The van der Waals surface area contributed by atoms with Crippen molar-refractivity contribution in [2.75, 3.05) is 25.0 Å². The molecule has 1 unspecified atom stereocenters. The van der Waals surface area contributed by atoms with E-state index in [-0.39, 0.29) is 24.4 Å². The van der Waals surface area contributed by atoms with Gasteiger partial charge in [0.15, 0.2) is 0 Å². The maximum atomic E-state index is 12.5. The van der Waals surface area contributed by atoms with Crippen LogP contribution >= 0.6 is 0 Å². The topological polar surface area (TPSA) is 61.4 Å². The van der Waals surface area contributed by atoms with Crippen molar-refractivity contribution >= 4 is 17.5 Å². The van der Waals surface area contributed by atoms with Gasteiger partial charge in [-0.05, 0) is 63.9 Å². The van der Waals surface area contributed by atoms with Crippen molar-refractivity contribution in [2.45, 2.75) is 40.7 Å². The normalized spacial score (nSPS) is 11.8. The molecule has 0 saturated heterocycles. The Bertz CT molecular complexity index is 828. The van der Waals surface area contributed by atoms with Crippen LogP contribution < -0.4 is 10.6 Å². The first-order valence-corrected chi connectivity index (χ1v) is 9.85. The molecule has 2 aromatic carbocycles. The molecular weight excluding hydrogens is 350 g/mol. The minimum Gasteiger partial charge on any atom is -0.339 e. The lowest BCUT2D eigenvalue weighted by molar-refractivity contribution is -0.115. The van der Waals surface area contributed by atoms with E-state index in [1.54, 1.807) is 29.2 Å². The third-order valence-electron chi connectivity index (χ3n) is 4.91. The summed E-state index contributed by atoms with van der Waals surface area (Å²) in [6.07, 6.45) is 0. The highest BCUT2D eigenvalue weighted by atomic mass is 16.2. The first-order chi connectivity index (χ1) is 13.3. The molecule has 0 spiro atoms. The number of carbonyl (C=O) groups excluding carboxylic acids is 2. The molecule has 28 heavy (non-hydrogen) atoms. The third-order valence-corrected chi connectivity index (χ3v) is 4.91. The molecule has 0 bridgehead atoms. The van der Waals surface area contributed by atoms with Crippen LogP contribution in [-0.4, -0.2) is 36.3 Å². The van der Waals surface area contributed by atoms with Gasteiger partial charge in [0.1, 0.15) is 0 Å². The zero-order chi connectivity index (χ0) is 20.7. The van der Waals surface area contributed by atoms with Gasteiger partial charge < -0.3 is 15.5 Å². The summed E-state index contributed by atoms with van der Waals surface area (Å²) in [5, 5.41) is 6.15. The van der Waals surface area contributed by atoms with E-state index in [9.17, 15) is 9.59 Å². The van der Waals surface area contributed by atoms with Gasteiger partial charge in [-0.25, -0.2) is 0 Å². The van der Waals surface area contributed by atoms with Crippen molar-refractivity contribution in [3.8, 4) is 0 Å². The molecule has 1 atom stereocenters. The molecule has 2 amide bonds. The fourth-order valence-electron chi connectivity index (χ4n) is 3.21. The molecule has 2 aromatic rings. The highest BCUT2D eigenvalue weighted by molar-refractivity contribution is 5.97. The lowest BCUT2D eigenvalue weighted by Gasteiger charge is -2.19. The molecule has 5 heteroatoms. The second-order valence-electron chi connectivity index (χ2n) is 7.07. The molecule has 0 aromatic heterocycles. The Balaban J connectivity index is 1.97. The smallest absolute Gasteiger partial charge is 0.253 e. The molecule has 2 rings (SSSR count). The number of nitrogens with zero attached hydrogens (tertiary/aromatic N) is 1. The quantitative estimate of drug-likeness (QED) is 0.724. The Morgan fingerprint density at radius 2 is 1.75 bits per heavy atom. The van der Waals surface area contributed by atoms with Gasteiger partial charge in [0, 0.05) is 30.4 Å². The van der Waals surface area contributed by atoms with Crippen molar-refractivity contribution in [1.82, 2.24) is 10.2 Å². The lowest BCUT2D eigenvalue weighted by Crippen LogP contribution is -2.31. The summed E-state index contributed by atoms with van der Waals surface area (Å²) in [5.74, 6) is -0.160. The van der Waals surface area contributed by atoms with Gasteiger partial charge in [0.25, 0.3) is 5.91 Å². The van der Waals surface area contributed by atoms with E-state index in [0.29, 0.717) is 24.3 Å². The number of carbonyl (C=O) groups is 2. The number of nitrogens with one attached hydrogen (secondary N) is 2. The minimum atomic E-state index is -0.135. The van der Waals surface area contributed by atoms with Gasteiger partial charge in [0.2, 0.25) is 5.91 Å². The van der Waals surface area contributed by atoms with Crippen LogP contribution in [0.4, 0.5) is 5.69 Å². The van der Waals surface area contributed by atoms with Gasteiger partial charge >= 0.3 is 0 Å². The van der Waals surface area contributed by atoms with Crippen molar-refractivity contribution in [3.63, 3.8) is 0 Å². The van der Waals surface area contributed by atoms with E-state index in [0.717, 1.165) is 0 Å². The maximum absolute atomic E-state index is 12.5. The highest BCUT2D eigenvalue weighted by Crippen LogP contribution is 2.19. The van der Waals surface area contributed by atoms with Crippen molar-refractivity contribution in [1.29, 1.82) is 0 Å². The fourth-order valence-corrected chi connectivity index (χ4v) is 3.21. The summed E-state index contributed by atoms with van der Waals surface area (Å²) in [5.41, 5.74) is 4.81. The van der Waals surface area contributed by atoms with Crippen molar-refractivity contribution in [3.05, 3.63) is 64.7 Å². The number of benzene rings is 2. The van der Waals surface area contributed by atoms with E-state index in [1.165, 1.54) is 16.7 Å². The largest absolute Gasteiger partial charge is 0.339 e. The van der Waals surface area contributed by atoms with Crippen LogP contribution in [0.1, 0.15) is 53.9 Å². The standard InChI is InChI=1S/C23H31N3O2/c1-6-26(7-2)23(28)19-9-8-10-20(14-19)25-22(27)15-24-18(5)21-13-16(3)11-12-17(21)4/h8-14,18,24H,6-7,15H2,1-5H3,(H,25,27). The van der Waals surface area contributed by atoms with Gasteiger partial charge in [-0.15, -0.1) is 0 Å². The Labute approximate surface area is 168 Å². The van der Waals surface area contributed by atoms with Crippen LogP contribution in [-0.2, 0) is 4.79 Å². The first-order valence-electron chi connectivity index (χ1n) is 9.85. The summed E-state index contributed by atoms with van der Waals surface area (Å²) in [6.45, 7) is 11.6. The zero-order valence-corrected chi connectivity index (χ0v) is 17.5. The average Bonchev–Trinajstić information content (AvgIpc) is 2.69.